The standard InChI is InChI=1S/C7H15N3O4.C4H4O4/c1-7(2,14-10(12)13)6(11)9-5-3-4-8;5-3(6)1-2-4(7)8/h3-5,8H2,1-2H3,(H,9,11);1-2H,(H,5,6)(H,7,8). The fourth-order valence-corrected chi connectivity index (χ4v) is 0.887. The van der Waals surface area contributed by atoms with Crippen molar-refractivity contribution in [3.8, 4) is 0 Å². The van der Waals surface area contributed by atoms with Crippen LogP contribution in [-0.2, 0) is 19.2 Å². The van der Waals surface area contributed by atoms with Crippen molar-refractivity contribution in [1.82, 2.24) is 5.32 Å². The molecule has 1 amide bonds. The molecular weight excluding hydrogens is 302 g/mol. The van der Waals surface area contributed by atoms with E-state index in [2.05, 4.69) is 10.2 Å². The van der Waals surface area contributed by atoms with Crippen LogP contribution in [0.25, 0.3) is 0 Å². The molecule has 0 heterocycles. The first-order valence-electron chi connectivity index (χ1n) is 5.98. The van der Waals surface area contributed by atoms with Crippen LogP contribution in [0, 0.1) is 10.1 Å². The monoisotopic (exact) mass is 321 g/mol. The Kier molecular flexibility index (Phi) is 10.8. The lowest BCUT2D eigenvalue weighted by Crippen LogP contribution is -2.45. The van der Waals surface area contributed by atoms with Crippen molar-refractivity contribution in [3.63, 3.8) is 0 Å². The van der Waals surface area contributed by atoms with Gasteiger partial charge >= 0.3 is 11.9 Å². The molecule has 22 heavy (non-hydrogen) atoms. The van der Waals surface area contributed by atoms with Crippen LogP contribution in [0.1, 0.15) is 20.3 Å². The third-order valence-corrected chi connectivity index (χ3v) is 1.88. The molecule has 5 N–H and O–H groups in total. The summed E-state index contributed by atoms with van der Waals surface area (Å²) in [5.41, 5.74) is 3.75. The second-order valence-electron chi connectivity index (χ2n) is 4.23. The minimum absolute atomic E-state index is 0.389. The van der Waals surface area contributed by atoms with Crippen molar-refractivity contribution in [2.75, 3.05) is 13.1 Å². The quantitative estimate of drug-likeness (QED) is 0.191. The number of amides is 1. The molecule has 0 aliphatic carbocycles. The van der Waals surface area contributed by atoms with Crippen LogP contribution in [0.2, 0.25) is 0 Å². The number of nitrogens with zero attached hydrogens (tertiary/aromatic N) is 1. The summed E-state index contributed by atoms with van der Waals surface area (Å²) in [6, 6.07) is 0. The molecule has 0 aromatic heterocycles. The van der Waals surface area contributed by atoms with Gasteiger partial charge in [-0.05, 0) is 26.8 Å². The third-order valence-electron chi connectivity index (χ3n) is 1.88. The first kappa shape index (κ1) is 21.6. The second kappa shape index (κ2) is 11.0. The number of hydrogen-bond acceptors (Lipinski definition) is 7. The van der Waals surface area contributed by atoms with Crippen molar-refractivity contribution >= 4 is 17.8 Å². The molecule has 0 rings (SSSR count). The lowest BCUT2D eigenvalue weighted by atomic mass is 10.1. The Bertz CT molecular complexity index is 417. The van der Waals surface area contributed by atoms with Crippen LogP contribution in [0.4, 0.5) is 0 Å². The van der Waals surface area contributed by atoms with Crippen molar-refractivity contribution in [3.05, 3.63) is 22.3 Å². The van der Waals surface area contributed by atoms with Gasteiger partial charge in [0, 0.05) is 18.7 Å². The zero-order valence-corrected chi connectivity index (χ0v) is 12.1. The number of carbonyl (C=O) groups is 3. The Hall–Kier alpha value is -2.69. The van der Waals surface area contributed by atoms with Crippen molar-refractivity contribution in [2.45, 2.75) is 25.9 Å². The Balaban J connectivity index is 0. The molecule has 0 saturated heterocycles. The van der Waals surface area contributed by atoms with Gasteiger partial charge in [0.25, 0.3) is 11.0 Å². The highest BCUT2D eigenvalue weighted by atomic mass is 17.0. The highest BCUT2D eigenvalue weighted by Gasteiger charge is 2.31. The molecule has 0 fully saturated rings. The maximum atomic E-state index is 11.3. The van der Waals surface area contributed by atoms with Gasteiger partial charge in [-0.2, -0.15) is 0 Å². The molecule has 0 bridgehead atoms. The van der Waals surface area contributed by atoms with E-state index < -0.39 is 28.5 Å². The van der Waals surface area contributed by atoms with Crippen LogP contribution >= 0.6 is 0 Å². The molecule has 0 aromatic rings. The predicted octanol–water partition coefficient (Wildman–Crippen LogP) is -0.850. The van der Waals surface area contributed by atoms with Gasteiger partial charge in [-0.3, -0.25) is 9.63 Å². The second-order valence-corrected chi connectivity index (χ2v) is 4.23. The molecule has 126 valence electrons. The third kappa shape index (κ3) is 13.7. The van der Waals surface area contributed by atoms with Gasteiger partial charge in [0.1, 0.15) is 0 Å². The fourth-order valence-electron chi connectivity index (χ4n) is 0.887. The van der Waals surface area contributed by atoms with E-state index in [0.717, 1.165) is 0 Å². The first-order chi connectivity index (χ1) is 10.0. The molecule has 0 atom stereocenters. The zero-order valence-electron chi connectivity index (χ0n) is 12.1. The Labute approximate surface area is 125 Å². The maximum Gasteiger partial charge on any atom is 0.328 e. The van der Waals surface area contributed by atoms with Gasteiger partial charge in [0.05, 0.1) is 0 Å². The molecule has 0 aromatic carbocycles. The molecule has 0 radical (unpaired) electrons. The molecule has 11 nitrogen and oxygen atoms in total. The van der Waals surface area contributed by atoms with E-state index in [1.807, 2.05) is 0 Å². The highest BCUT2D eigenvalue weighted by molar-refractivity contribution is 5.89. The van der Waals surface area contributed by atoms with Crippen LogP contribution in [0.15, 0.2) is 12.2 Å². The number of nitrogens with one attached hydrogen (secondary N) is 1. The summed E-state index contributed by atoms with van der Waals surface area (Å²) in [4.78, 5) is 44.6. The number of carboxylic acid groups (broad SMARTS) is 2. The van der Waals surface area contributed by atoms with Crippen LogP contribution < -0.4 is 11.1 Å². The molecule has 0 aliphatic heterocycles. The van der Waals surface area contributed by atoms with Gasteiger partial charge in [0.2, 0.25) is 0 Å². The fraction of sp³-hybridized carbons (Fsp3) is 0.545. The molecule has 0 unspecified atom stereocenters. The summed E-state index contributed by atoms with van der Waals surface area (Å²) in [6.45, 7) is 3.50. The normalized spacial score (nSPS) is 10.3. The average molecular weight is 321 g/mol. The number of carbonyl (C=O) groups excluding carboxylic acids is 1. The molecule has 0 spiro atoms. The lowest BCUT2D eigenvalue weighted by Gasteiger charge is -2.20. The minimum atomic E-state index is -1.46. The molecule has 0 saturated carbocycles. The number of aliphatic carboxylic acids is 2. The maximum absolute atomic E-state index is 11.3. The van der Waals surface area contributed by atoms with E-state index in [0.29, 0.717) is 31.7 Å². The van der Waals surface area contributed by atoms with Crippen LogP contribution in [0.5, 0.6) is 0 Å². The highest BCUT2D eigenvalue weighted by Crippen LogP contribution is 2.08. The molecule has 11 heteroatoms. The predicted molar refractivity (Wildman–Crippen MR) is 73.3 cm³/mol. The SMILES string of the molecule is CC(C)(O[N+](=O)[O-])C(=O)NCCCN.O=C(O)C=CC(=O)O. The summed E-state index contributed by atoms with van der Waals surface area (Å²) >= 11 is 0. The molecule has 0 aliphatic rings. The summed E-state index contributed by atoms with van der Waals surface area (Å²) in [6.07, 6.45) is 1.74. The van der Waals surface area contributed by atoms with E-state index in [1.54, 1.807) is 0 Å². The average Bonchev–Trinajstić information content (AvgIpc) is 2.35. The van der Waals surface area contributed by atoms with Crippen LogP contribution in [0.3, 0.4) is 0 Å². The summed E-state index contributed by atoms with van der Waals surface area (Å²) in [5.74, 6) is -3.04. The number of hydrogen-bond donors (Lipinski definition) is 4. The van der Waals surface area contributed by atoms with E-state index in [4.69, 9.17) is 15.9 Å². The number of carboxylic acids is 2. The van der Waals surface area contributed by atoms with Gasteiger partial charge in [0.15, 0.2) is 5.60 Å². The molecular formula is C11H19N3O8. The largest absolute Gasteiger partial charge is 0.478 e. The Morgan fingerprint density at radius 2 is 1.73 bits per heavy atom. The zero-order chi connectivity index (χ0) is 17.8. The van der Waals surface area contributed by atoms with Gasteiger partial charge in [-0.1, -0.05) is 0 Å². The number of nitrogens with two attached hydrogens (primary N) is 1. The first-order valence-corrected chi connectivity index (χ1v) is 5.98. The summed E-state index contributed by atoms with van der Waals surface area (Å²) < 4.78 is 0. The van der Waals surface area contributed by atoms with Crippen molar-refractivity contribution in [1.29, 1.82) is 0 Å². The Morgan fingerprint density at radius 3 is 2.05 bits per heavy atom. The van der Waals surface area contributed by atoms with Gasteiger partial charge < -0.3 is 21.3 Å². The van der Waals surface area contributed by atoms with E-state index in [1.165, 1.54) is 13.8 Å². The van der Waals surface area contributed by atoms with E-state index >= 15 is 0 Å². The van der Waals surface area contributed by atoms with Gasteiger partial charge in [-0.15, -0.1) is 10.1 Å². The van der Waals surface area contributed by atoms with Crippen molar-refractivity contribution in [2.24, 2.45) is 5.73 Å². The lowest BCUT2D eigenvalue weighted by molar-refractivity contribution is -0.774. The van der Waals surface area contributed by atoms with Crippen LogP contribution in [-0.4, -0.2) is 51.8 Å². The van der Waals surface area contributed by atoms with Gasteiger partial charge in [-0.25, -0.2) is 9.59 Å². The van der Waals surface area contributed by atoms with Crippen molar-refractivity contribution < 1.29 is 34.5 Å². The topological polar surface area (TPSA) is 182 Å². The Morgan fingerprint density at radius 1 is 1.27 bits per heavy atom. The van der Waals surface area contributed by atoms with E-state index in [9.17, 15) is 24.5 Å². The van der Waals surface area contributed by atoms with E-state index in [-0.39, 0.29) is 0 Å². The summed E-state index contributed by atoms with van der Waals surface area (Å²) in [5, 5.41) is 27.2. The smallest absolute Gasteiger partial charge is 0.328 e. The number of rotatable bonds is 8. The summed E-state index contributed by atoms with van der Waals surface area (Å²) in [7, 11) is 0. The minimum Gasteiger partial charge on any atom is -0.478 e.